The van der Waals surface area contributed by atoms with Gasteiger partial charge in [-0.1, -0.05) is 36.2 Å². The Hall–Kier alpha value is -5.07. The Balaban J connectivity index is 1.33. The first-order valence-corrected chi connectivity index (χ1v) is 20.7. The number of fused-ring (bicyclic) bond motifs is 1. The molecule has 3 aromatic heterocycles. The van der Waals surface area contributed by atoms with Gasteiger partial charge in [0, 0.05) is 74.0 Å². The van der Waals surface area contributed by atoms with Crippen LogP contribution in [0.5, 0.6) is 0 Å². The molecular weight excluding hydrogens is 829 g/mol. The van der Waals surface area contributed by atoms with Crippen LogP contribution in [0.1, 0.15) is 66.8 Å². The van der Waals surface area contributed by atoms with Gasteiger partial charge in [0.25, 0.3) is 5.91 Å². The van der Waals surface area contributed by atoms with Crippen LogP contribution in [0.4, 0.5) is 20.4 Å². The molecule has 2 aromatic carbocycles. The highest BCUT2D eigenvalue weighted by Gasteiger charge is 2.31. The van der Waals surface area contributed by atoms with Crippen molar-refractivity contribution < 1.29 is 36.3 Å². The summed E-state index contributed by atoms with van der Waals surface area (Å²) in [5.74, 6) is -4.51. The first kappa shape index (κ1) is 43.5. The van der Waals surface area contributed by atoms with Crippen LogP contribution in [-0.2, 0) is 19.7 Å². The molecule has 19 heteroatoms. The van der Waals surface area contributed by atoms with Crippen molar-refractivity contribution in [2.24, 2.45) is 0 Å². The molecule has 312 valence electrons. The van der Waals surface area contributed by atoms with Crippen molar-refractivity contribution >= 4 is 73.7 Å². The molecular formula is C40H42Cl2F2N8O6S. The van der Waals surface area contributed by atoms with E-state index in [1.807, 2.05) is 37.6 Å². The fraction of sp³-hybridized carbons (Fsp3) is 0.350. The van der Waals surface area contributed by atoms with Crippen LogP contribution >= 0.6 is 23.2 Å². The molecule has 1 aliphatic rings. The average molecular weight is 872 g/mol. The number of piperidine rings is 1. The molecule has 0 saturated carbocycles. The van der Waals surface area contributed by atoms with Crippen molar-refractivity contribution in [2.45, 2.75) is 52.2 Å². The number of carbonyl (C=O) groups is 3. The van der Waals surface area contributed by atoms with Crippen molar-refractivity contribution in [3.63, 3.8) is 0 Å². The van der Waals surface area contributed by atoms with Gasteiger partial charge in [-0.25, -0.2) is 23.7 Å². The Labute approximate surface area is 350 Å². The average Bonchev–Trinajstić information content (AvgIpc) is 3.57. The second kappa shape index (κ2) is 17.3. The van der Waals surface area contributed by atoms with Crippen molar-refractivity contribution in [3.8, 4) is 11.1 Å². The lowest BCUT2D eigenvalue weighted by molar-refractivity contribution is -0.156. The van der Waals surface area contributed by atoms with Gasteiger partial charge in [-0.05, 0) is 71.0 Å². The number of esters is 1. The number of carbonyl (C=O) groups excluding carboxylic acids is 3. The Morgan fingerprint density at radius 3 is 2.19 bits per heavy atom. The molecule has 0 atom stereocenters. The molecule has 0 radical (unpaired) electrons. The summed E-state index contributed by atoms with van der Waals surface area (Å²) in [5.41, 5.74) is -1.89. The Kier molecular flexibility index (Phi) is 12.7. The lowest BCUT2D eigenvalue weighted by Gasteiger charge is -2.36. The Morgan fingerprint density at radius 2 is 1.58 bits per heavy atom. The maximum absolute atomic E-state index is 16.0. The Morgan fingerprint density at radius 1 is 0.949 bits per heavy atom. The van der Waals surface area contributed by atoms with Crippen LogP contribution in [0, 0.1) is 11.6 Å². The molecule has 5 aromatic rings. The molecule has 14 nitrogen and oxygen atoms in total. The monoisotopic (exact) mass is 870 g/mol. The number of benzene rings is 2. The van der Waals surface area contributed by atoms with Crippen molar-refractivity contribution in [3.05, 3.63) is 99.6 Å². The zero-order valence-corrected chi connectivity index (χ0v) is 35.4. The minimum Gasteiger partial charge on any atom is -0.459 e. The topological polar surface area (TPSA) is 160 Å². The molecule has 0 amide bonds. The quantitative estimate of drug-likeness (QED) is 0.103. The van der Waals surface area contributed by atoms with E-state index in [4.69, 9.17) is 27.9 Å². The van der Waals surface area contributed by atoms with Crippen LogP contribution in [0.25, 0.3) is 22.2 Å². The van der Waals surface area contributed by atoms with Crippen LogP contribution < -0.4 is 9.62 Å². The second-order valence-electron chi connectivity index (χ2n) is 15.0. The van der Waals surface area contributed by atoms with Crippen LogP contribution in [-0.4, -0.2) is 107 Å². The van der Waals surface area contributed by atoms with Gasteiger partial charge in [-0.3, -0.25) is 28.6 Å². The second-order valence-corrected chi connectivity index (χ2v) is 17.6. The van der Waals surface area contributed by atoms with Crippen molar-refractivity contribution in [1.82, 2.24) is 28.7 Å². The van der Waals surface area contributed by atoms with E-state index in [1.54, 1.807) is 25.4 Å². The number of ether oxygens (including phenoxy) is 1. The van der Waals surface area contributed by atoms with E-state index in [0.717, 1.165) is 40.0 Å². The van der Waals surface area contributed by atoms with Crippen LogP contribution in [0.3, 0.4) is 0 Å². The summed E-state index contributed by atoms with van der Waals surface area (Å²) in [4.78, 5) is 58.2. The highest BCUT2D eigenvalue weighted by molar-refractivity contribution is 7.90. The van der Waals surface area contributed by atoms with E-state index >= 15 is 8.78 Å². The number of hydrogen-bond donors (Lipinski definition) is 1. The van der Waals surface area contributed by atoms with Gasteiger partial charge >= 0.3 is 16.2 Å². The van der Waals surface area contributed by atoms with E-state index in [1.165, 1.54) is 31.4 Å². The van der Waals surface area contributed by atoms with Crippen LogP contribution in [0.2, 0.25) is 10.0 Å². The van der Waals surface area contributed by atoms with Gasteiger partial charge in [0.05, 0.1) is 39.0 Å². The number of likely N-dealkylation sites (N-methyl/N-ethyl adjacent to an activating group) is 1. The standard InChI is InChI=1S/C40H42Cl2F2N8O6S/c1-7-50(6)59(56,57)48-31-12-11-30(43)34(35(31)44)36(54)27-21-52(38(55)33-28(41)9-8-10-29(33)42)37-26(27)17-23(18-45-37)24-19-46-39(47-20-24)51-15-13-25(14-16-51)49(5)22-32(53)58-40(2,3)4/h8-12,17-21,25,48H,7,13-16,22H2,1-6H3. The van der Waals surface area contributed by atoms with Gasteiger partial charge in [-0.15, -0.1) is 0 Å². The molecule has 1 aliphatic heterocycles. The predicted octanol–water partition coefficient (Wildman–Crippen LogP) is 6.85. The summed E-state index contributed by atoms with van der Waals surface area (Å²) in [7, 11) is -1.10. The molecule has 59 heavy (non-hydrogen) atoms. The van der Waals surface area contributed by atoms with Gasteiger partial charge in [0.15, 0.2) is 5.82 Å². The summed E-state index contributed by atoms with van der Waals surface area (Å²) in [6, 6.07) is 7.76. The number of anilines is 2. The molecule has 1 fully saturated rings. The summed E-state index contributed by atoms with van der Waals surface area (Å²) < 4.78 is 66.3. The number of hydrogen-bond acceptors (Lipinski definition) is 11. The van der Waals surface area contributed by atoms with Gasteiger partial charge < -0.3 is 9.64 Å². The zero-order valence-electron chi connectivity index (χ0n) is 33.1. The number of pyridine rings is 1. The van der Waals surface area contributed by atoms with E-state index in [-0.39, 0.29) is 57.3 Å². The maximum atomic E-state index is 16.0. The lowest BCUT2D eigenvalue weighted by atomic mass is 10.0. The molecule has 0 unspecified atom stereocenters. The Bertz CT molecular complexity index is 2520. The zero-order chi connectivity index (χ0) is 43.0. The van der Waals surface area contributed by atoms with E-state index < -0.39 is 50.4 Å². The highest BCUT2D eigenvalue weighted by atomic mass is 35.5. The third-order valence-corrected chi connectivity index (χ3v) is 12.0. The maximum Gasteiger partial charge on any atom is 0.320 e. The van der Waals surface area contributed by atoms with Crippen LogP contribution in [0.15, 0.2) is 61.2 Å². The normalized spacial score (nSPS) is 14.0. The SMILES string of the molecule is CCN(C)S(=O)(=O)Nc1ccc(F)c(C(=O)c2cn(C(=O)c3c(Cl)cccc3Cl)c3ncc(-c4cnc(N5CCC(N(C)CC(=O)OC(C)(C)C)CC5)nc4)cc23)c1F. The highest BCUT2D eigenvalue weighted by Crippen LogP contribution is 2.33. The van der Waals surface area contributed by atoms with Gasteiger partial charge in [-0.2, -0.15) is 12.7 Å². The summed E-state index contributed by atoms with van der Waals surface area (Å²) in [5, 5.41) is 0.0516. The van der Waals surface area contributed by atoms with E-state index in [0.29, 0.717) is 30.2 Å². The summed E-state index contributed by atoms with van der Waals surface area (Å²) in [6.07, 6.45) is 7.19. The predicted molar refractivity (Wildman–Crippen MR) is 221 cm³/mol. The number of ketones is 1. The number of rotatable bonds is 12. The molecule has 0 spiro atoms. The molecule has 4 heterocycles. The third kappa shape index (κ3) is 9.39. The lowest BCUT2D eigenvalue weighted by Crippen LogP contribution is -2.46. The van der Waals surface area contributed by atoms with Crippen molar-refractivity contribution in [2.75, 3.05) is 49.9 Å². The number of halogens is 4. The molecule has 1 N–H and O–H groups in total. The largest absolute Gasteiger partial charge is 0.459 e. The molecule has 0 aliphatic carbocycles. The summed E-state index contributed by atoms with van der Waals surface area (Å²) >= 11 is 12.7. The van der Waals surface area contributed by atoms with Gasteiger partial charge in [0.2, 0.25) is 11.7 Å². The minimum absolute atomic E-state index is 0.0113. The fourth-order valence-corrected chi connectivity index (χ4v) is 8.12. The molecule has 0 bridgehead atoms. The fourth-order valence-electron chi connectivity index (χ4n) is 6.63. The first-order chi connectivity index (χ1) is 27.8. The summed E-state index contributed by atoms with van der Waals surface area (Å²) in [6.45, 7) is 8.57. The molecule has 6 rings (SSSR count). The van der Waals surface area contributed by atoms with E-state index in [2.05, 4.69) is 19.7 Å². The minimum atomic E-state index is -4.25. The molecule has 1 saturated heterocycles. The number of aromatic nitrogens is 4. The van der Waals surface area contributed by atoms with Crippen molar-refractivity contribution in [1.29, 1.82) is 0 Å². The van der Waals surface area contributed by atoms with Gasteiger partial charge in [0.1, 0.15) is 17.1 Å². The number of nitrogens with one attached hydrogen (secondary N) is 1. The number of nitrogens with zero attached hydrogens (tertiary/aromatic N) is 7. The first-order valence-electron chi connectivity index (χ1n) is 18.6. The third-order valence-electron chi connectivity index (χ3n) is 9.84. The smallest absolute Gasteiger partial charge is 0.320 e. The van der Waals surface area contributed by atoms with E-state index in [9.17, 15) is 22.8 Å².